The molecule has 0 aliphatic carbocycles. The van der Waals surface area contributed by atoms with Crippen LogP contribution in [0.25, 0.3) is 6.08 Å². The van der Waals surface area contributed by atoms with Crippen LogP contribution in [0.2, 0.25) is 5.02 Å². The lowest BCUT2D eigenvalue weighted by atomic mass is 10.0. The third-order valence-corrected chi connectivity index (χ3v) is 6.29. The van der Waals surface area contributed by atoms with Crippen LogP contribution in [-0.4, -0.2) is 67.2 Å². The molecular formula is C24H26ClFN4O4. The number of anilines is 1. The monoisotopic (exact) mass is 488 g/mol. The molecule has 2 heterocycles. The molecule has 2 fully saturated rings. The average molecular weight is 489 g/mol. The van der Waals surface area contributed by atoms with Crippen molar-refractivity contribution in [2.45, 2.75) is 18.6 Å². The Morgan fingerprint density at radius 2 is 1.91 bits per heavy atom. The van der Waals surface area contributed by atoms with E-state index in [1.807, 2.05) is 0 Å². The minimum Gasteiger partial charge on any atom is -0.495 e. The van der Waals surface area contributed by atoms with Crippen LogP contribution in [-0.2, 0) is 16.1 Å². The Hall–Kier alpha value is -3.14. The number of primary amides is 1. The van der Waals surface area contributed by atoms with Crippen LogP contribution in [0.4, 0.5) is 14.9 Å². The first-order valence-electron chi connectivity index (χ1n) is 10.8. The highest BCUT2D eigenvalue weighted by Crippen LogP contribution is 2.32. The van der Waals surface area contributed by atoms with Crippen LogP contribution in [0, 0.1) is 5.82 Å². The number of hydrogen-bond acceptors (Lipinski definition) is 5. The van der Waals surface area contributed by atoms with Gasteiger partial charge in [0.15, 0.2) is 0 Å². The Morgan fingerprint density at radius 1 is 1.24 bits per heavy atom. The van der Waals surface area contributed by atoms with Gasteiger partial charge in [-0.15, -0.1) is 0 Å². The van der Waals surface area contributed by atoms with E-state index < -0.39 is 6.03 Å². The summed E-state index contributed by atoms with van der Waals surface area (Å²) in [5, 5.41) is 2.82. The maximum absolute atomic E-state index is 13.3. The molecule has 2 saturated heterocycles. The van der Waals surface area contributed by atoms with Crippen LogP contribution >= 0.6 is 11.6 Å². The number of hydrogen-bond donors (Lipinski definition) is 2. The van der Waals surface area contributed by atoms with Crippen molar-refractivity contribution in [3.8, 4) is 5.75 Å². The molecule has 2 bridgehead atoms. The summed E-state index contributed by atoms with van der Waals surface area (Å²) in [7, 11) is 1.48. The molecule has 3 N–H and O–H groups in total. The number of methoxy groups -OCH3 is 1. The van der Waals surface area contributed by atoms with Crippen molar-refractivity contribution in [2.24, 2.45) is 5.73 Å². The lowest BCUT2D eigenvalue weighted by Crippen LogP contribution is -2.64. The van der Waals surface area contributed by atoms with E-state index in [0.717, 1.165) is 5.56 Å². The van der Waals surface area contributed by atoms with E-state index in [9.17, 15) is 14.0 Å². The average Bonchev–Trinajstić information content (AvgIpc) is 2.79. The number of rotatable bonds is 6. The molecule has 8 nitrogen and oxygen atoms in total. The van der Waals surface area contributed by atoms with Crippen LogP contribution in [0.1, 0.15) is 11.1 Å². The van der Waals surface area contributed by atoms with Gasteiger partial charge in [-0.1, -0.05) is 23.7 Å². The fraction of sp³-hybridized carbons (Fsp3) is 0.333. The molecule has 2 aromatic carbocycles. The number of piperazine rings is 1. The fourth-order valence-corrected chi connectivity index (χ4v) is 4.58. The van der Waals surface area contributed by atoms with E-state index in [1.54, 1.807) is 29.2 Å². The largest absolute Gasteiger partial charge is 0.495 e. The third kappa shape index (κ3) is 5.49. The van der Waals surface area contributed by atoms with Gasteiger partial charge in [0.25, 0.3) is 0 Å². The number of carbonyl (C=O) groups is 2. The lowest BCUT2D eigenvalue weighted by molar-refractivity contribution is -0.141. The normalized spacial score (nSPS) is 20.4. The Kier molecular flexibility index (Phi) is 7.35. The zero-order valence-electron chi connectivity index (χ0n) is 18.7. The first kappa shape index (κ1) is 24.0. The van der Waals surface area contributed by atoms with Gasteiger partial charge in [-0.05, 0) is 35.9 Å². The molecule has 0 spiro atoms. The molecule has 180 valence electrons. The van der Waals surface area contributed by atoms with Crippen molar-refractivity contribution in [3.05, 3.63) is 64.4 Å². The zero-order valence-corrected chi connectivity index (χ0v) is 19.4. The smallest absolute Gasteiger partial charge is 0.316 e. The van der Waals surface area contributed by atoms with E-state index in [0.29, 0.717) is 54.9 Å². The molecule has 4 rings (SSSR count). The Morgan fingerprint density at radius 3 is 2.53 bits per heavy atom. The van der Waals surface area contributed by atoms with Crippen LogP contribution in [0.5, 0.6) is 5.75 Å². The zero-order chi connectivity index (χ0) is 24.2. The second-order valence-corrected chi connectivity index (χ2v) is 8.69. The number of amides is 3. The fourth-order valence-electron chi connectivity index (χ4n) is 4.34. The third-order valence-electron chi connectivity index (χ3n) is 6.00. The molecule has 2 aromatic rings. The summed E-state index contributed by atoms with van der Waals surface area (Å²) in [6.45, 7) is 2.73. The Balaban J connectivity index is 1.47. The number of morpholine rings is 1. The number of fused-ring (bicyclic) bond motifs is 2. The molecular weight excluding hydrogens is 463 g/mol. The van der Waals surface area contributed by atoms with Gasteiger partial charge in [0.1, 0.15) is 11.6 Å². The number of nitrogens with one attached hydrogen (secondary N) is 1. The number of halogens is 2. The van der Waals surface area contributed by atoms with Crippen molar-refractivity contribution in [3.63, 3.8) is 0 Å². The highest BCUT2D eigenvalue weighted by Gasteiger charge is 2.39. The molecule has 0 radical (unpaired) electrons. The molecule has 2 aliphatic heterocycles. The van der Waals surface area contributed by atoms with Crippen LogP contribution in [0.3, 0.4) is 0 Å². The summed E-state index contributed by atoms with van der Waals surface area (Å²) in [6.07, 6.45) is 3.06. The van der Waals surface area contributed by atoms with Crippen LogP contribution < -0.4 is 15.8 Å². The van der Waals surface area contributed by atoms with E-state index in [2.05, 4.69) is 10.2 Å². The van der Waals surface area contributed by atoms with E-state index in [-0.39, 0.29) is 23.8 Å². The van der Waals surface area contributed by atoms with Crippen molar-refractivity contribution in [1.82, 2.24) is 9.80 Å². The topological polar surface area (TPSA) is 97.1 Å². The highest BCUT2D eigenvalue weighted by molar-refractivity contribution is 6.32. The predicted octanol–water partition coefficient (Wildman–Crippen LogP) is 3.10. The van der Waals surface area contributed by atoms with Gasteiger partial charge >= 0.3 is 6.03 Å². The van der Waals surface area contributed by atoms with Crippen molar-refractivity contribution >= 4 is 35.3 Å². The summed E-state index contributed by atoms with van der Waals surface area (Å²) in [5.41, 5.74) is 7.18. The van der Waals surface area contributed by atoms with Crippen molar-refractivity contribution < 1.29 is 23.5 Å². The molecule has 34 heavy (non-hydrogen) atoms. The molecule has 2 unspecified atom stereocenters. The molecule has 3 amide bonds. The summed E-state index contributed by atoms with van der Waals surface area (Å²) >= 11 is 6.15. The SMILES string of the molecule is COc1cc(/C=C/C(=O)N2CC3COCC(C2)N3Cc2ccc(F)cc2)c(NC(N)=O)cc1Cl. The van der Waals surface area contributed by atoms with Crippen molar-refractivity contribution in [1.29, 1.82) is 0 Å². The van der Waals surface area contributed by atoms with Gasteiger partial charge in [0, 0.05) is 31.3 Å². The van der Waals surface area contributed by atoms with Gasteiger partial charge < -0.3 is 25.4 Å². The minimum absolute atomic E-state index is 0.0395. The van der Waals surface area contributed by atoms with E-state index in [1.165, 1.54) is 31.4 Å². The standard InChI is InChI=1S/C24H26ClFN4O4/c1-33-22-8-16(21(9-20(22)25)28-24(27)32)4-7-23(31)29-11-18-13-34-14-19(12-29)30(18)10-15-2-5-17(26)6-3-15/h2-9,18-19H,10-14H2,1H3,(H3,27,28,32)/b7-4+. The van der Waals surface area contributed by atoms with Gasteiger partial charge in [-0.25, -0.2) is 9.18 Å². The second-order valence-electron chi connectivity index (χ2n) is 8.28. The number of nitrogens with zero attached hydrogens (tertiary/aromatic N) is 2. The molecule has 10 heteroatoms. The van der Waals surface area contributed by atoms with Crippen molar-refractivity contribution in [2.75, 3.05) is 38.7 Å². The summed E-state index contributed by atoms with van der Waals surface area (Å²) < 4.78 is 24.2. The van der Waals surface area contributed by atoms with Gasteiger partial charge in [0.05, 0.1) is 43.1 Å². The number of ether oxygens (including phenoxy) is 2. The molecule has 2 aliphatic rings. The first-order chi connectivity index (χ1) is 16.3. The van der Waals surface area contributed by atoms with Gasteiger partial charge in [-0.2, -0.15) is 0 Å². The maximum atomic E-state index is 13.3. The number of carbonyl (C=O) groups excluding carboxylic acids is 2. The summed E-state index contributed by atoms with van der Waals surface area (Å²) in [5.74, 6) is -0.0101. The highest BCUT2D eigenvalue weighted by atomic mass is 35.5. The quantitative estimate of drug-likeness (QED) is 0.609. The van der Waals surface area contributed by atoms with E-state index >= 15 is 0 Å². The first-order valence-corrected chi connectivity index (χ1v) is 11.2. The Labute approximate surface area is 202 Å². The number of nitrogens with two attached hydrogens (primary N) is 1. The molecule has 0 aromatic heterocycles. The summed E-state index contributed by atoms with van der Waals surface area (Å²) in [6, 6.07) is 8.96. The van der Waals surface area contributed by atoms with Gasteiger partial charge in [-0.3, -0.25) is 9.69 Å². The number of urea groups is 1. The minimum atomic E-state index is -0.743. The van der Waals surface area contributed by atoms with Crippen LogP contribution in [0.15, 0.2) is 42.5 Å². The molecule has 2 atom stereocenters. The lowest BCUT2D eigenvalue weighted by Gasteiger charge is -2.49. The predicted molar refractivity (Wildman–Crippen MR) is 127 cm³/mol. The van der Waals surface area contributed by atoms with E-state index in [4.69, 9.17) is 26.8 Å². The molecule has 0 saturated carbocycles. The second kappa shape index (κ2) is 10.4. The van der Waals surface area contributed by atoms with Gasteiger partial charge in [0.2, 0.25) is 5.91 Å². The number of benzene rings is 2. The summed E-state index contributed by atoms with van der Waals surface area (Å²) in [4.78, 5) is 28.5. The Bertz CT molecular complexity index is 1080. The maximum Gasteiger partial charge on any atom is 0.316 e.